The molecule has 0 aromatic carbocycles. The summed E-state index contributed by atoms with van der Waals surface area (Å²) < 4.78 is 4.17. The van der Waals surface area contributed by atoms with Gasteiger partial charge in [0.2, 0.25) is 0 Å². The summed E-state index contributed by atoms with van der Waals surface area (Å²) in [5.41, 5.74) is -2.08. The van der Waals surface area contributed by atoms with Crippen molar-refractivity contribution in [1.82, 2.24) is 5.32 Å². The van der Waals surface area contributed by atoms with E-state index in [9.17, 15) is 14.4 Å². The largest absolute Gasteiger partial charge is 0.480 e. The molecule has 0 radical (unpaired) electrons. The maximum Gasteiger partial charge on any atom is 0.403 e. The Bertz CT molecular complexity index is 247. The molecule has 0 saturated heterocycles. The van der Waals surface area contributed by atoms with Crippen LogP contribution in [0.4, 0.5) is 4.79 Å². The average Bonchev–Trinajstić information content (AvgIpc) is 2.14. The lowest BCUT2D eigenvalue weighted by molar-refractivity contribution is -0.138. The number of carbonyl (C=O) groups excluding carboxylic acids is 1. The van der Waals surface area contributed by atoms with Gasteiger partial charge in [0.1, 0.15) is 0 Å². The normalized spacial score (nSPS) is 10.7. The maximum atomic E-state index is 9.92. The number of carboxylic acid groups (broad SMARTS) is 2. The van der Waals surface area contributed by atoms with Crippen molar-refractivity contribution in [3.8, 4) is 0 Å². The van der Waals surface area contributed by atoms with E-state index in [1.54, 1.807) is 6.92 Å². The Morgan fingerprint density at radius 2 is 1.88 bits per heavy atom. The first kappa shape index (κ1) is 17.3. The van der Waals surface area contributed by atoms with E-state index in [0.717, 1.165) is 0 Å². The lowest BCUT2D eigenvalue weighted by Gasteiger charge is -2.02. The van der Waals surface area contributed by atoms with E-state index >= 15 is 0 Å². The van der Waals surface area contributed by atoms with E-state index in [0.29, 0.717) is 6.61 Å². The number of ether oxygens (including phenoxy) is 1. The molecule has 0 aliphatic heterocycles. The second kappa shape index (κ2) is 10.5. The molecule has 0 aromatic heterocycles. The third kappa shape index (κ3) is 15.4. The van der Waals surface area contributed by atoms with Crippen LogP contribution in [-0.4, -0.2) is 46.2 Å². The van der Waals surface area contributed by atoms with E-state index in [1.165, 1.54) is 0 Å². The van der Waals surface area contributed by atoms with Crippen molar-refractivity contribution in [3.05, 3.63) is 0 Å². The molecule has 0 heterocycles. The zero-order valence-corrected chi connectivity index (χ0v) is 9.79. The molecular formula is C7H11Cl2NO6. The van der Waals surface area contributed by atoms with E-state index < -0.39 is 29.4 Å². The summed E-state index contributed by atoms with van der Waals surface area (Å²) in [4.78, 5) is 29.3. The minimum Gasteiger partial charge on any atom is -0.480 e. The number of aliphatic carboxylic acids is 2. The molecule has 1 atom stereocenters. The Kier molecular flexibility index (Phi) is 11.3. The molecular weight excluding hydrogens is 265 g/mol. The highest BCUT2D eigenvalue weighted by atomic mass is 35.5. The van der Waals surface area contributed by atoms with Gasteiger partial charge >= 0.3 is 17.4 Å². The monoisotopic (exact) mass is 275 g/mol. The van der Waals surface area contributed by atoms with Gasteiger partial charge in [0.15, 0.2) is 5.50 Å². The van der Waals surface area contributed by atoms with E-state index in [-0.39, 0.29) is 0 Å². The maximum absolute atomic E-state index is 9.92. The quantitative estimate of drug-likeness (QED) is 0.384. The highest BCUT2D eigenvalue weighted by Gasteiger charge is 2.12. The number of carboxylic acids is 2. The molecule has 3 N–H and O–H groups in total. The van der Waals surface area contributed by atoms with Gasteiger partial charge < -0.3 is 14.9 Å². The van der Waals surface area contributed by atoms with Gasteiger partial charge in [0.05, 0.1) is 13.2 Å². The predicted octanol–water partition coefficient (Wildman–Crippen LogP) is 0.692. The summed E-state index contributed by atoms with van der Waals surface area (Å²) in [7, 11) is 0. The zero-order valence-electron chi connectivity index (χ0n) is 8.27. The Hall–Kier alpha value is -1.05. The molecule has 0 amide bonds. The molecule has 0 aliphatic carbocycles. The molecule has 9 heteroatoms. The molecule has 0 fully saturated rings. The SMILES string of the molecule is CCOC(=O)Cl.O=C(O)CNC(Cl)C(=O)O. The summed E-state index contributed by atoms with van der Waals surface area (Å²) in [6.45, 7) is 1.59. The first-order chi connectivity index (χ1) is 7.31. The highest BCUT2D eigenvalue weighted by molar-refractivity contribution is 6.61. The third-order valence-corrected chi connectivity index (χ3v) is 1.36. The topological polar surface area (TPSA) is 113 Å². The number of hydrogen-bond donors (Lipinski definition) is 3. The van der Waals surface area contributed by atoms with Crippen LogP contribution >= 0.6 is 23.2 Å². The summed E-state index contributed by atoms with van der Waals surface area (Å²) in [5.74, 6) is -2.44. The van der Waals surface area contributed by atoms with Crippen LogP contribution in [0.1, 0.15) is 6.92 Å². The molecule has 0 rings (SSSR count). The molecule has 0 spiro atoms. The third-order valence-electron chi connectivity index (χ3n) is 0.907. The van der Waals surface area contributed by atoms with Crippen molar-refractivity contribution in [2.75, 3.05) is 13.2 Å². The van der Waals surface area contributed by atoms with Crippen LogP contribution in [-0.2, 0) is 14.3 Å². The van der Waals surface area contributed by atoms with Gasteiger partial charge in [-0.15, -0.1) is 0 Å². The van der Waals surface area contributed by atoms with Crippen molar-refractivity contribution in [2.45, 2.75) is 12.4 Å². The fraction of sp³-hybridized carbons (Fsp3) is 0.571. The molecule has 0 aliphatic rings. The fourth-order valence-corrected chi connectivity index (χ4v) is 0.564. The average molecular weight is 276 g/mol. The van der Waals surface area contributed by atoms with Gasteiger partial charge in [0.25, 0.3) is 0 Å². The Balaban J connectivity index is 0. The molecule has 0 bridgehead atoms. The summed E-state index contributed by atoms with van der Waals surface area (Å²) >= 11 is 9.80. The van der Waals surface area contributed by atoms with Crippen LogP contribution in [0.25, 0.3) is 0 Å². The Labute approximate surface area is 101 Å². The smallest absolute Gasteiger partial charge is 0.403 e. The van der Waals surface area contributed by atoms with E-state index in [1.807, 2.05) is 5.32 Å². The van der Waals surface area contributed by atoms with Crippen LogP contribution in [0.2, 0.25) is 0 Å². The number of hydrogen-bond acceptors (Lipinski definition) is 5. The van der Waals surface area contributed by atoms with Gasteiger partial charge in [-0.1, -0.05) is 11.6 Å². The van der Waals surface area contributed by atoms with Crippen LogP contribution in [0, 0.1) is 0 Å². The molecule has 0 saturated carbocycles. The van der Waals surface area contributed by atoms with E-state index in [4.69, 9.17) is 33.4 Å². The van der Waals surface area contributed by atoms with Crippen molar-refractivity contribution in [2.24, 2.45) is 0 Å². The van der Waals surface area contributed by atoms with Crippen molar-refractivity contribution in [3.63, 3.8) is 0 Å². The van der Waals surface area contributed by atoms with Gasteiger partial charge in [-0.2, -0.15) is 0 Å². The highest BCUT2D eigenvalue weighted by Crippen LogP contribution is 1.88. The van der Waals surface area contributed by atoms with Crippen molar-refractivity contribution >= 4 is 40.6 Å². The lowest BCUT2D eigenvalue weighted by atomic mass is 10.6. The lowest BCUT2D eigenvalue weighted by Crippen LogP contribution is -2.35. The first-order valence-corrected chi connectivity index (χ1v) is 4.77. The summed E-state index contributed by atoms with van der Waals surface area (Å²) in [6, 6.07) is 0. The predicted molar refractivity (Wildman–Crippen MR) is 55.8 cm³/mol. The fourth-order valence-electron chi connectivity index (χ4n) is 0.378. The number of rotatable bonds is 5. The van der Waals surface area contributed by atoms with Gasteiger partial charge in [0, 0.05) is 11.6 Å². The summed E-state index contributed by atoms with van der Waals surface area (Å²) in [6.07, 6.45) is 0. The molecule has 7 nitrogen and oxygen atoms in total. The summed E-state index contributed by atoms with van der Waals surface area (Å²) in [5, 5.41) is 18.2. The van der Waals surface area contributed by atoms with E-state index in [2.05, 4.69) is 4.74 Å². The molecule has 1 unspecified atom stereocenters. The van der Waals surface area contributed by atoms with Crippen molar-refractivity contribution < 1.29 is 29.3 Å². The van der Waals surface area contributed by atoms with Gasteiger partial charge in [-0.05, 0) is 6.92 Å². The van der Waals surface area contributed by atoms with Gasteiger partial charge in [-0.25, -0.2) is 9.59 Å². The number of halogens is 2. The van der Waals surface area contributed by atoms with Crippen LogP contribution in [0.5, 0.6) is 0 Å². The first-order valence-electron chi connectivity index (χ1n) is 3.95. The standard InChI is InChI=1S/C4H6ClNO4.C3H5ClO2/c5-3(4(9)10)6-1-2(7)8;1-2-6-3(4)5/h3,6H,1H2,(H,7,8)(H,9,10);2H2,1H3. The minimum atomic E-state index is -1.34. The number of carbonyl (C=O) groups is 3. The van der Waals surface area contributed by atoms with Crippen LogP contribution in [0.15, 0.2) is 0 Å². The minimum absolute atomic E-state index is 0.350. The number of nitrogens with one attached hydrogen (secondary N) is 1. The molecule has 16 heavy (non-hydrogen) atoms. The Morgan fingerprint density at radius 3 is 2.06 bits per heavy atom. The van der Waals surface area contributed by atoms with Crippen LogP contribution in [0.3, 0.4) is 0 Å². The number of alkyl halides is 1. The van der Waals surface area contributed by atoms with Crippen molar-refractivity contribution in [1.29, 1.82) is 0 Å². The molecule has 94 valence electrons. The second-order valence-corrected chi connectivity index (χ2v) is 2.89. The second-order valence-electron chi connectivity index (χ2n) is 2.15. The Morgan fingerprint density at radius 1 is 1.38 bits per heavy atom. The van der Waals surface area contributed by atoms with Gasteiger partial charge in [-0.3, -0.25) is 10.1 Å². The van der Waals surface area contributed by atoms with Crippen LogP contribution < -0.4 is 5.32 Å². The zero-order chi connectivity index (χ0) is 13.1. The molecule has 0 aromatic rings.